The number of hydrogen-bond donors (Lipinski definition) is 0. The van der Waals surface area contributed by atoms with Crippen molar-refractivity contribution < 1.29 is 22.0 Å². The van der Waals surface area contributed by atoms with Gasteiger partial charge in [0.2, 0.25) is 5.92 Å². The van der Waals surface area contributed by atoms with Crippen molar-refractivity contribution in [3.8, 4) is 0 Å². The Kier molecular flexibility index (Phi) is 5.47. The maximum absolute atomic E-state index is 13.6. The maximum Gasteiger partial charge on any atom is 0.283 e. The smallest absolute Gasteiger partial charge is 0.283 e. The Morgan fingerprint density at radius 3 is 2.50 bits per heavy atom. The number of rotatable bonds is 5. The van der Waals surface area contributed by atoms with Gasteiger partial charge in [-0.05, 0) is 37.0 Å². The van der Waals surface area contributed by atoms with E-state index in [1.54, 1.807) is 6.07 Å². The van der Waals surface area contributed by atoms with Crippen molar-refractivity contribution in [1.29, 1.82) is 0 Å². The first kappa shape index (κ1) is 22.6. The van der Waals surface area contributed by atoms with Crippen molar-refractivity contribution in [3.63, 3.8) is 0 Å². The van der Waals surface area contributed by atoms with Crippen LogP contribution in [0.3, 0.4) is 0 Å². The predicted octanol–water partition coefficient (Wildman–Crippen LogP) is 4.41. The van der Waals surface area contributed by atoms with Crippen LogP contribution >= 0.6 is 0 Å². The highest BCUT2D eigenvalue weighted by Gasteiger charge is 2.36. The minimum Gasteiger partial charge on any atom is -0.327 e. The molecule has 0 amide bonds. The summed E-state index contributed by atoms with van der Waals surface area (Å²) in [6, 6.07) is 4.68. The van der Waals surface area contributed by atoms with Crippen LogP contribution in [0.5, 0.6) is 0 Å². The third-order valence-electron chi connectivity index (χ3n) is 5.93. The molecule has 1 aromatic carbocycles. The molecule has 0 aliphatic heterocycles. The molecule has 2 aromatic heterocycles. The second kappa shape index (κ2) is 7.75. The highest BCUT2D eigenvalue weighted by Crippen LogP contribution is 2.38. The number of benzene rings is 1. The average molecular weight is 465 g/mol. The molecule has 1 aliphatic carbocycles. The summed E-state index contributed by atoms with van der Waals surface area (Å²) in [7, 11) is -3.98. The fraction of sp³-hybridized carbons (Fsp3) is 0.500. The lowest BCUT2D eigenvalue weighted by Crippen LogP contribution is -2.28. The molecule has 3 aromatic rings. The Bertz CT molecular complexity index is 1260. The average Bonchev–Trinajstić information content (AvgIpc) is 3.34. The van der Waals surface area contributed by atoms with E-state index in [1.807, 2.05) is 25.3 Å². The number of imidazole rings is 1. The van der Waals surface area contributed by atoms with E-state index in [0.717, 1.165) is 21.6 Å². The number of aldehydes is 1. The van der Waals surface area contributed by atoms with E-state index in [1.165, 1.54) is 18.3 Å². The zero-order chi connectivity index (χ0) is 23.3. The van der Waals surface area contributed by atoms with Crippen molar-refractivity contribution in [2.75, 3.05) is 0 Å². The van der Waals surface area contributed by atoms with Gasteiger partial charge in [-0.3, -0.25) is 4.79 Å². The summed E-state index contributed by atoms with van der Waals surface area (Å²) in [6.07, 6.45) is 3.55. The summed E-state index contributed by atoms with van der Waals surface area (Å²) in [6.45, 7) is 6.61. The summed E-state index contributed by atoms with van der Waals surface area (Å²) < 4.78 is 55.9. The van der Waals surface area contributed by atoms with Crippen LogP contribution < -0.4 is 0 Å². The number of carbonyl (C=O) groups excluding carboxylic acids is 1. The molecule has 1 fully saturated rings. The minimum absolute atomic E-state index is 0.00738. The van der Waals surface area contributed by atoms with Gasteiger partial charge in [-0.1, -0.05) is 20.8 Å². The molecular weight excluding hydrogens is 438 g/mol. The molecule has 0 atom stereocenters. The second-order valence-electron chi connectivity index (χ2n) is 9.51. The first-order valence-corrected chi connectivity index (χ1v) is 12.0. The van der Waals surface area contributed by atoms with E-state index in [9.17, 15) is 22.0 Å². The molecule has 1 saturated carbocycles. The van der Waals surface area contributed by atoms with Crippen LogP contribution in [0.2, 0.25) is 0 Å². The zero-order valence-electron chi connectivity index (χ0n) is 18.3. The van der Waals surface area contributed by atoms with E-state index in [4.69, 9.17) is 4.98 Å². The van der Waals surface area contributed by atoms with Crippen LogP contribution in [0.4, 0.5) is 8.78 Å². The van der Waals surface area contributed by atoms with E-state index >= 15 is 0 Å². The number of nitrogens with zero attached hydrogens (tertiary/aromatic N) is 4. The second-order valence-corrected chi connectivity index (χ2v) is 11.3. The van der Waals surface area contributed by atoms with Crippen LogP contribution in [0.25, 0.3) is 11.0 Å². The lowest BCUT2D eigenvalue weighted by atomic mass is 9.86. The Labute approximate surface area is 185 Å². The Hall–Kier alpha value is -2.62. The van der Waals surface area contributed by atoms with Gasteiger partial charge in [0.05, 0.1) is 33.9 Å². The van der Waals surface area contributed by atoms with Gasteiger partial charge in [-0.25, -0.2) is 13.8 Å². The summed E-state index contributed by atoms with van der Waals surface area (Å²) in [4.78, 5) is 15.6. The molecule has 32 heavy (non-hydrogen) atoms. The van der Waals surface area contributed by atoms with Gasteiger partial charge in [0.25, 0.3) is 10.0 Å². The van der Waals surface area contributed by atoms with Gasteiger partial charge in [-0.15, -0.1) is 0 Å². The Morgan fingerprint density at radius 2 is 1.91 bits per heavy atom. The molecule has 10 heteroatoms. The SMILES string of the molecule is CC(C)(C)c1nc2cc(S(=O)(=O)n3cc(C=O)cn3)ccc2n1CC1CCC(F)(F)CC1. The summed E-state index contributed by atoms with van der Waals surface area (Å²) >= 11 is 0. The highest BCUT2D eigenvalue weighted by molar-refractivity contribution is 7.89. The number of carbonyl (C=O) groups is 1. The van der Waals surface area contributed by atoms with E-state index in [0.29, 0.717) is 31.2 Å². The van der Waals surface area contributed by atoms with Gasteiger partial charge < -0.3 is 4.57 Å². The van der Waals surface area contributed by atoms with Gasteiger partial charge in [0.15, 0.2) is 6.29 Å². The molecule has 172 valence electrons. The lowest BCUT2D eigenvalue weighted by molar-refractivity contribution is -0.0473. The van der Waals surface area contributed by atoms with Gasteiger partial charge in [0, 0.05) is 24.8 Å². The predicted molar refractivity (Wildman–Crippen MR) is 116 cm³/mol. The van der Waals surface area contributed by atoms with Crippen LogP contribution in [0.1, 0.15) is 62.6 Å². The Morgan fingerprint density at radius 1 is 1.22 bits per heavy atom. The molecule has 7 nitrogen and oxygen atoms in total. The fourth-order valence-corrected chi connectivity index (χ4v) is 5.33. The van der Waals surface area contributed by atoms with Crippen molar-refractivity contribution >= 4 is 27.3 Å². The Balaban J connectivity index is 1.74. The van der Waals surface area contributed by atoms with Gasteiger partial charge in [0.1, 0.15) is 5.82 Å². The number of hydrogen-bond acceptors (Lipinski definition) is 5. The molecule has 2 heterocycles. The molecule has 0 saturated heterocycles. The summed E-state index contributed by atoms with van der Waals surface area (Å²) in [5, 5.41) is 3.78. The van der Waals surface area contributed by atoms with Crippen molar-refractivity contribution in [1.82, 2.24) is 18.7 Å². The fourth-order valence-electron chi connectivity index (χ4n) is 4.19. The quantitative estimate of drug-likeness (QED) is 0.522. The summed E-state index contributed by atoms with van der Waals surface area (Å²) in [5.74, 6) is -1.69. The minimum atomic E-state index is -3.98. The lowest BCUT2D eigenvalue weighted by Gasteiger charge is -2.30. The molecular formula is C22H26F2N4O3S. The van der Waals surface area contributed by atoms with Crippen molar-refractivity contribution in [3.05, 3.63) is 42.0 Å². The highest BCUT2D eigenvalue weighted by atomic mass is 32.2. The number of fused-ring (bicyclic) bond motifs is 1. The first-order chi connectivity index (χ1) is 14.9. The van der Waals surface area contributed by atoms with Crippen LogP contribution in [-0.2, 0) is 22.0 Å². The molecule has 4 rings (SSSR count). The third-order valence-corrected chi connectivity index (χ3v) is 7.47. The normalized spacial score (nSPS) is 17.7. The zero-order valence-corrected chi connectivity index (χ0v) is 19.1. The van der Waals surface area contributed by atoms with E-state index < -0.39 is 15.9 Å². The molecule has 0 unspecified atom stereocenters. The standard InChI is InChI=1S/C22H26F2N4O3S/c1-21(2,3)20-26-18-10-17(32(30,31)28-13-16(14-29)11-25-28)4-5-19(18)27(20)12-15-6-8-22(23,24)9-7-15/h4-5,10-11,13-15H,6-9,12H2,1-3H3. The molecule has 1 aliphatic rings. The molecule has 0 bridgehead atoms. The number of aromatic nitrogens is 4. The first-order valence-electron chi connectivity index (χ1n) is 10.5. The van der Waals surface area contributed by atoms with Crippen LogP contribution in [-0.4, -0.2) is 39.4 Å². The molecule has 0 N–H and O–H groups in total. The number of alkyl halides is 2. The van der Waals surface area contributed by atoms with Crippen LogP contribution in [0.15, 0.2) is 35.5 Å². The largest absolute Gasteiger partial charge is 0.327 e. The van der Waals surface area contributed by atoms with Crippen molar-refractivity contribution in [2.24, 2.45) is 5.92 Å². The van der Waals surface area contributed by atoms with Gasteiger partial charge in [-0.2, -0.15) is 17.6 Å². The van der Waals surface area contributed by atoms with E-state index in [-0.39, 0.29) is 34.6 Å². The topological polar surface area (TPSA) is 86.8 Å². The molecule has 0 radical (unpaired) electrons. The van der Waals surface area contributed by atoms with Crippen molar-refractivity contribution in [2.45, 2.75) is 69.2 Å². The molecule has 0 spiro atoms. The monoisotopic (exact) mass is 464 g/mol. The summed E-state index contributed by atoms with van der Waals surface area (Å²) in [5.41, 5.74) is 1.12. The number of halogens is 2. The van der Waals surface area contributed by atoms with E-state index in [2.05, 4.69) is 5.10 Å². The van der Waals surface area contributed by atoms with Crippen LogP contribution in [0, 0.1) is 5.92 Å². The van der Waals surface area contributed by atoms with Gasteiger partial charge >= 0.3 is 0 Å². The third kappa shape index (κ3) is 4.20. The maximum atomic E-state index is 13.6.